The second-order valence-corrected chi connectivity index (χ2v) is 8.34. The minimum absolute atomic E-state index is 0.0317. The Morgan fingerprint density at radius 3 is 2.65 bits per heavy atom. The van der Waals surface area contributed by atoms with Crippen molar-refractivity contribution in [3.63, 3.8) is 0 Å². The molecule has 142 valence electrons. The maximum Gasteiger partial charge on any atom is 0.229 e. The number of halogens is 1. The maximum absolute atomic E-state index is 13.0. The van der Waals surface area contributed by atoms with Crippen LogP contribution in [0.3, 0.4) is 0 Å². The first-order valence-corrected chi connectivity index (χ1v) is 9.87. The molecule has 2 N–H and O–H groups in total. The van der Waals surface area contributed by atoms with E-state index in [9.17, 15) is 14.4 Å². The van der Waals surface area contributed by atoms with Gasteiger partial charge in [-0.05, 0) is 36.5 Å². The molecule has 1 amide bonds. The summed E-state index contributed by atoms with van der Waals surface area (Å²) >= 11 is 0. The topological polar surface area (TPSA) is 52.6 Å². The number of benzene rings is 1. The molecule has 4 heterocycles. The van der Waals surface area contributed by atoms with Crippen molar-refractivity contribution >= 4 is 5.91 Å². The van der Waals surface area contributed by atoms with E-state index in [2.05, 4.69) is 10.2 Å². The quantitative estimate of drug-likeness (QED) is 0.786. The molecule has 4 aliphatic heterocycles. The van der Waals surface area contributed by atoms with E-state index in [1.54, 1.807) is 0 Å². The van der Waals surface area contributed by atoms with Gasteiger partial charge in [0.1, 0.15) is 25.5 Å². The van der Waals surface area contributed by atoms with Gasteiger partial charge in [-0.25, -0.2) is 9.60 Å². The third kappa shape index (κ3) is 3.92. The minimum Gasteiger partial charge on any atom is -0.352 e. The highest BCUT2D eigenvalue weighted by atomic mass is 19.1. The number of hydrogen-bond acceptors (Lipinski definition) is 3. The van der Waals surface area contributed by atoms with Crippen LogP contribution in [0.2, 0.25) is 0 Å². The smallest absolute Gasteiger partial charge is 0.229 e. The number of carbonyl (C=O) groups excluding carboxylic acids is 1. The van der Waals surface area contributed by atoms with Gasteiger partial charge in [-0.1, -0.05) is 12.1 Å². The summed E-state index contributed by atoms with van der Waals surface area (Å²) in [4.78, 5) is 15.1. The lowest BCUT2D eigenvalue weighted by atomic mass is 9.78. The fraction of sp³-hybridized carbons (Fsp3) is 0.650. The van der Waals surface area contributed by atoms with Crippen molar-refractivity contribution in [2.45, 2.75) is 31.7 Å². The van der Waals surface area contributed by atoms with Crippen molar-refractivity contribution in [3.8, 4) is 0 Å². The van der Waals surface area contributed by atoms with Crippen molar-refractivity contribution in [2.75, 3.05) is 39.3 Å². The Labute approximate surface area is 154 Å². The lowest BCUT2D eigenvalue weighted by Crippen LogP contribution is -2.63. The number of hydrogen-bond donors (Lipinski definition) is 2. The Morgan fingerprint density at radius 1 is 1.23 bits per heavy atom. The molecule has 1 aromatic carbocycles. The molecule has 0 saturated carbocycles. The van der Waals surface area contributed by atoms with Crippen molar-refractivity contribution in [1.82, 2.24) is 10.2 Å². The Bertz CT molecular complexity index is 643. The summed E-state index contributed by atoms with van der Waals surface area (Å²) in [6.45, 7) is 4.98. The number of quaternary nitrogens is 1. The van der Waals surface area contributed by atoms with Crippen molar-refractivity contribution in [3.05, 3.63) is 35.6 Å². The van der Waals surface area contributed by atoms with Crippen molar-refractivity contribution in [1.29, 1.82) is 0 Å². The van der Waals surface area contributed by atoms with E-state index in [0.29, 0.717) is 12.5 Å². The second kappa shape index (κ2) is 7.25. The summed E-state index contributed by atoms with van der Waals surface area (Å²) in [5.74, 6) is 0.350. The first-order valence-electron chi connectivity index (χ1n) is 9.87. The van der Waals surface area contributed by atoms with Crippen LogP contribution >= 0.6 is 0 Å². The highest BCUT2D eigenvalue weighted by Gasteiger charge is 2.49. The van der Waals surface area contributed by atoms with Gasteiger partial charge in [0.2, 0.25) is 5.91 Å². The van der Waals surface area contributed by atoms with Crippen LogP contribution in [0, 0.1) is 17.7 Å². The van der Waals surface area contributed by atoms with Crippen LogP contribution in [0.5, 0.6) is 0 Å². The van der Waals surface area contributed by atoms with Gasteiger partial charge < -0.3 is 10.2 Å². The molecule has 1 aromatic rings. The summed E-state index contributed by atoms with van der Waals surface area (Å²) in [6.07, 6.45) is 3.80. The fourth-order valence-electron chi connectivity index (χ4n) is 4.87. The van der Waals surface area contributed by atoms with Crippen LogP contribution in [0.1, 0.15) is 24.8 Å². The second-order valence-electron chi connectivity index (χ2n) is 8.34. The number of likely N-dealkylation sites (tertiary alicyclic amines) is 1. The van der Waals surface area contributed by atoms with E-state index >= 15 is 0 Å². The van der Waals surface area contributed by atoms with E-state index in [4.69, 9.17) is 0 Å². The monoisotopic (exact) mass is 362 g/mol. The summed E-state index contributed by atoms with van der Waals surface area (Å²) < 4.78 is 13.1. The number of hydroxylamine groups is 3. The minimum atomic E-state index is -0.197. The zero-order chi connectivity index (χ0) is 18.1. The Kier molecular flexibility index (Phi) is 4.99. The Hall–Kier alpha value is -1.50. The van der Waals surface area contributed by atoms with Crippen LogP contribution in [-0.2, 0) is 11.2 Å². The lowest BCUT2D eigenvalue weighted by molar-refractivity contribution is -1.11. The first kappa shape index (κ1) is 17.9. The third-order valence-electron chi connectivity index (χ3n) is 6.52. The van der Waals surface area contributed by atoms with E-state index < -0.39 is 0 Å². The van der Waals surface area contributed by atoms with Gasteiger partial charge in [0.05, 0.1) is 5.92 Å². The van der Waals surface area contributed by atoms with Crippen LogP contribution < -0.4 is 5.32 Å². The van der Waals surface area contributed by atoms with Gasteiger partial charge >= 0.3 is 0 Å². The summed E-state index contributed by atoms with van der Waals surface area (Å²) in [7, 11) is 0. The molecule has 0 aliphatic carbocycles. The summed E-state index contributed by atoms with van der Waals surface area (Å²) in [5.41, 5.74) is 1.14. The number of rotatable bonds is 5. The van der Waals surface area contributed by atoms with Gasteiger partial charge in [-0.15, -0.1) is 0 Å². The largest absolute Gasteiger partial charge is 0.352 e. The van der Waals surface area contributed by atoms with Crippen LogP contribution in [0.4, 0.5) is 4.39 Å². The molecular formula is C20H29FN3O2+. The van der Waals surface area contributed by atoms with Gasteiger partial charge in [0.25, 0.3) is 0 Å². The van der Waals surface area contributed by atoms with Gasteiger partial charge in [-0.2, -0.15) is 4.65 Å². The Balaban J connectivity index is 1.24. The number of nitrogens with one attached hydrogen (secondary N) is 1. The summed E-state index contributed by atoms with van der Waals surface area (Å²) in [5, 5.41) is 13.7. The number of amides is 1. The standard InChI is InChI=1S/C20H28FN3O2/c21-17-3-1-15(2-4-17)5-9-23-10-6-18(13-23)22-20(25)19-14-24(26)11-7-16(19)8-12-24/h1-4,16,18-19,26H,5-14H2/p+1/t16?,18-,19?,24?/m0/s1. The predicted octanol–water partition coefficient (Wildman–Crippen LogP) is 1.80. The third-order valence-corrected chi connectivity index (χ3v) is 6.52. The predicted molar refractivity (Wildman–Crippen MR) is 96.0 cm³/mol. The van der Waals surface area contributed by atoms with Crippen LogP contribution in [0.15, 0.2) is 24.3 Å². The molecule has 0 radical (unpaired) electrons. The molecule has 1 unspecified atom stereocenters. The van der Waals surface area contributed by atoms with Crippen molar-refractivity contribution < 1.29 is 19.0 Å². The number of carbonyl (C=O) groups is 1. The van der Waals surface area contributed by atoms with E-state index in [1.807, 2.05) is 12.1 Å². The van der Waals surface area contributed by atoms with Gasteiger partial charge in [0.15, 0.2) is 0 Å². The highest BCUT2D eigenvalue weighted by molar-refractivity contribution is 5.79. The molecular weight excluding hydrogens is 333 g/mol. The molecule has 4 aliphatic rings. The number of fused-ring (bicyclic) bond motifs is 3. The molecule has 4 saturated heterocycles. The summed E-state index contributed by atoms with van der Waals surface area (Å²) in [6, 6.07) is 6.90. The zero-order valence-electron chi connectivity index (χ0n) is 15.2. The van der Waals surface area contributed by atoms with Crippen LogP contribution in [0.25, 0.3) is 0 Å². The van der Waals surface area contributed by atoms with E-state index in [1.165, 1.54) is 12.1 Å². The fourth-order valence-corrected chi connectivity index (χ4v) is 4.87. The molecule has 5 rings (SSSR count). The molecule has 4 fully saturated rings. The first-order chi connectivity index (χ1) is 12.5. The molecule has 0 aromatic heterocycles. The number of nitrogens with zero attached hydrogens (tertiary/aromatic N) is 2. The average molecular weight is 362 g/mol. The zero-order valence-corrected chi connectivity index (χ0v) is 15.2. The molecule has 6 heteroatoms. The molecule has 2 atom stereocenters. The maximum atomic E-state index is 13.0. The lowest BCUT2D eigenvalue weighted by Gasteiger charge is -2.46. The normalized spacial score (nSPS) is 34.2. The van der Waals surface area contributed by atoms with Gasteiger partial charge in [-0.3, -0.25) is 4.79 Å². The van der Waals surface area contributed by atoms with E-state index in [0.717, 1.165) is 64.0 Å². The van der Waals surface area contributed by atoms with Crippen molar-refractivity contribution in [2.24, 2.45) is 11.8 Å². The highest BCUT2D eigenvalue weighted by Crippen LogP contribution is 2.36. The average Bonchev–Trinajstić information content (AvgIpc) is 3.08. The van der Waals surface area contributed by atoms with Crippen LogP contribution in [-0.4, -0.2) is 66.0 Å². The SMILES string of the molecule is O=C(N[C@H]1CCN(CCc2ccc(F)cc2)C1)C1C[N+]2(O)CCC1CC2. The van der Waals surface area contributed by atoms with Gasteiger partial charge in [0, 0.05) is 38.5 Å². The van der Waals surface area contributed by atoms with E-state index in [-0.39, 0.29) is 28.3 Å². The molecule has 0 spiro atoms. The Morgan fingerprint density at radius 2 is 1.96 bits per heavy atom. The molecule has 5 nitrogen and oxygen atoms in total. The molecule has 2 bridgehead atoms. The number of piperidine rings is 3. The molecule has 26 heavy (non-hydrogen) atoms.